The Morgan fingerprint density at radius 3 is 1.29 bits per heavy atom. The van der Waals surface area contributed by atoms with Crippen LogP contribution in [0.15, 0.2) is 49.6 Å². The van der Waals surface area contributed by atoms with E-state index >= 15 is 0 Å². The maximum Gasteiger partial charge on any atom is 0.125 e. The van der Waals surface area contributed by atoms with E-state index in [1.807, 2.05) is 52.0 Å². The number of hydrogen-bond donors (Lipinski definition) is 2. The monoisotopic (exact) mass is 392 g/mol. The highest BCUT2D eigenvalue weighted by atomic mass is 16.3. The summed E-state index contributed by atoms with van der Waals surface area (Å²) < 4.78 is 0. The minimum atomic E-state index is -0.535. The molecule has 2 N–H and O–H groups in total. The van der Waals surface area contributed by atoms with Crippen molar-refractivity contribution in [2.24, 2.45) is 23.7 Å². The first-order chi connectivity index (χ1) is 13.3. The fraction of sp³-hybridized carbons (Fsp3) is 0.583. The first-order valence-corrected chi connectivity index (χ1v) is 10.2. The summed E-state index contributed by atoms with van der Waals surface area (Å²) in [6.07, 6.45) is 14.6. The number of carbonyl (C=O) groups is 2. The predicted molar refractivity (Wildman–Crippen MR) is 118 cm³/mol. The Labute approximate surface area is 171 Å². The average molecular weight is 393 g/mol. The van der Waals surface area contributed by atoms with Crippen LogP contribution < -0.4 is 0 Å². The maximum absolute atomic E-state index is 10.6. The number of aliphatic hydroxyl groups excluding tert-OH is 2. The van der Waals surface area contributed by atoms with E-state index in [0.717, 1.165) is 25.4 Å². The fourth-order valence-electron chi connectivity index (χ4n) is 2.74. The molecule has 0 saturated heterocycles. The summed E-state index contributed by atoms with van der Waals surface area (Å²) in [5.41, 5.74) is 0. The van der Waals surface area contributed by atoms with E-state index in [1.54, 1.807) is 12.2 Å². The van der Waals surface area contributed by atoms with Gasteiger partial charge in [-0.1, -0.05) is 77.3 Å². The van der Waals surface area contributed by atoms with E-state index in [0.29, 0.717) is 12.8 Å². The van der Waals surface area contributed by atoms with Crippen molar-refractivity contribution < 1.29 is 19.8 Å². The summed E-state index contributed by atoms with van der Waals surface area (Å²) >= 11 is 0. The van der Waals surface area contributed by atoms with Crippen molar-refractivity contribution in [2.45, 2.75) is 65.6 Å². The summed E-state index contributed by atoms with van der Waals surface area (Å²) in [6, 6.07) is 0. The van der Waals surface area contributed by atoms with Crippen molar-refractivity contribution in [3.8, 4) is 0 Å². The third-order valence-electron chi connectivity index (χ3n) is 4.90. The van der Waals surface area contributed by atoms with Gasteiger partial charge in [-0.3, -0.25) is 0 Å². The Balaban J connectivity index is 0. The summed E-state index contributed by atoms with van der Waals surface area (Å²) in [7, 11) is 0. The van der Waals surface area contributed by atoms with Gasteiger partial charge >= 0.3 is 0 Å². The van der Waals surface area contributed by atoms with E-state index in [9.17, 15) is 19.8 Å². The molecule has 0 spiro atoms. The summed E-state index contributed by atoms with van der Waals surface area (Å²) in [6.45, 7) is 14.8. The largest absolute Gasteiger partial charge is 0.392 e. The molecule has 4 nitrogen and oxygen atoms in total. The van der Waals surface area contributed by atoms with Crippen LogP contribution in [0.5, 0.6) is 0 Å². The normalized spacial score (nSPS) is 17.6. The van der Waals surface area contributed by atoms with Crippen molar-refractivity contribution in [1.29, 1.82) is 0 Å². The standard InChI is InChI=1S/2C12H20O2/c2*1-4-6-7-8-10(3)12(14)11(5-2)9-13/h2*4,6-7,9-12,14H,1,5,8H2,2-3H3/b7-6+;7-6-/t2*10-,11-,12-/m11/s1. The Hall–Kier alpha value is -1.78. The molecule has 0 amide bonds. The lowest BCUT2D eigenvalue weighted by atomic mass is 9.89. The molecule has 4 heteroatoms. The van der Waals surface area contributed by atoms with Gasteiger partial charge in [-0.05, 0) is 37.5 Å². The van der Waals surface area contributed by atoms with Crippen LogP contribution in [0.1, 0.15) is 53.4 Å². The second-order valence-electron chi connectivity index (χ2n) is 7.15. The topological polar surface area (TPSA) is 74.6 Å². The quantitative estimate of drug-likeness (QED) is 0.332. The van der Waals surface area contributed by atoms with Crippen LogP contribution >= 0.6 is 0 Å². The second-order valence-corrected chi connectivity index (χ2v) is 7.15. The molecule has 0 unspecified atom stereocenters. The van der Waals surface area contributed by atoms with E-state index in [1.165, 1.54) is 0 Å². The third kappa shape index (κ3) is 12.6. The number of allylic oxidation sites excluding steroid dienone is 6. The average Bonchev–Trinajstić information content (AvgIpc) is 2.70. The zero-order chi connectivity index (χ0) is 21.9. The van der Waals surface area contributed by atoms with Crippen molar-refractivity contribution >= 4 is 12.6 Å². The molecule has 0 saturated carbocycles. The number of aliphatic hydroxyl groups is 2. The lowest BCUT2D eigenvalue weighted by molar-refractivity contribution is -0.116. The van der Waals surface area contributed by atoms with Gasteiger partial charge in [0.2, 0.25) is 0 Å². The predicted octanol–water partition coefficient (Wildman–Crippen LogP) is 4.68. The van der Waals surface area contributed by atoms with Gasteiger partial charge in [0.15, 0.2) is 0 Å². The lowest BCUT2D eigenvalue weighted by Gasteiger charge is -2.21. The molecule has 0 fully saturated rings. The van der Waals surface area contributed by atoms with Crippen molar-refractivity contribution in [1.82, 2.24) is 0 Å². The zero-order valence-corrected chi connectivity index (χ0v) is 18.0. The van der Waals surface area contributed by atoms with Gasteiger partial charge in [0.25, 0.3) is 0 Å². The molecule has 0 aliphatic heterocycles. The summed E-state index contributed by atoms with van der Waals surface area (Å²) in [5, 5.41) is 19.6. The van der Waals surface area contributed by atoms with E-state index in [2.05, 4.69) is 13.2 Å². The van der Waals surface area contributed by atoms with Crippen LogP contribution in [0.2, 0.25) is 0 Å². The Morgan fingerprint density at radius 2 is 1.07 bits per heavy atom. The zero-order valence-electron chi connectivity index (χ0n) is 18.0. The molecule has 0 radical (unpaired) electrons. The molecule has 0 heterocycles. The molecule has 0 bridgehead atoms. The van der Waals surface area contributed by atoms with Crippen LogP contribution in [-0.2, 0) is 9.59 Å². The third-order valence-corrected chi connectivity index (χ3v) is 4.90. The Morgan fingerprint density at radius 1 is 0.750 bits per heavy atom. The number of aldehydes is 2. The van der Waals surface area contributed by atoms with E-state index in [4.69, 9.17) is 0 Å². The smallest absolute Gasteiger partial charge is 0.125 e. The molecular weight excluding hydrogens is 352 g/mol. The molecule has 0 aliphatic carbocycles. The molecule has 0 rings (SSSR count). The van der Waals surface area contributed by atoms with Gasteiger partial charge < -0.3 is 19.8 Å². The molecule has 0 aliphatic rings. The number of hydrogen-bond acceptors (Lipinski definition) is 4. The van der Waals surface area contributed by atoms with Gasteiger partial charge in [-0.15, -0.1) is 0 Å². The SMILES string of the molecule is C=C/C=C/C[C@@H](C)[C@@H](O)[C@@H](C=O)CC.C=C/C=C\C[C@@H](C)[C@@H](O)[C@@H](C=O)CC. The summed E-state index contributed by atoms with van der Waals surface area (Å²) in [4.78, 5) is 21.2. The van der Waals surface area contributed by atoms with Crippen LogP contribution in [0, 0.1) is 23.7 Å². The Kier molecular flexibility index (Phi) is 18.9. The van der Waals surface area contributed by atoms with Gasteiger partial charge in [-0.2, -0.15) is 0 Å². The first-order valence-electron chi connectivity index (χ1n) is 10.2. The van der Waals surface area contributed by atoms with E-state index < -0.39 is 12.2 Å². The van der Waals surface area contributed by atoms with Gasteiger partial charge in [0.1, 0.15) is 12.6 Å². The number of rotatable bonds is 14. The molecule has 6 atom stereocenters. The molecule has 0 aromatic carbocycles. The molecular formula is C24H40O4. The highest BCUT2D eigenvalue weighted by molar-refractivity contribution is 5.54. The van der Waals surface area contributed by atoms with Crippen LogP contribution in [-0.4, -0.2) is 35.0 Å². The van der Waals surface area contributed by atoms with Gasteiger partial charge in [-0.25, -0.2) is 0 Å². The molecule has 0 aromatic rings. The van der Waals surface area contributed by atoms with Crippen molar-refractivity contribution in [2.75, 3.05) is 0 Å². The fourth-order valence-corrected chi connectivity index (χ4v) is 2.74. The molecule has 0 aromatic heterocycles. The minimum Gasteiger partial charge on any atom is -0.392 e. The van der Waals surface area contributed by atoms with Crippen LogP contribution in [0.25, 0.3) is 0 Å². The van der Waals surface area contributed by atoms with Crippen LogP contribution in [0.4, 0.5) is 0 Å². The van der Waals surface area contributed by atoms with Crippen molar-refractivity contribution in [3.05, 3.63) is 49.6 Å². The highest BCUT2D eigenvalue weighted by Gasteiger charge is 2.22. The highest BCUT2D eigenvalue weighted by Crippen LogP contribution is 2.18. The number of carbonyl (C=O) groups excluding carboxylic acids is 2. The molecule has 28 heavy (non-hydrogen) atoms. The van der Waals surface area contributed by atoms with Crippen molar-refractivity contribution in [3.63, 3.8) is 0 Å². The first kappa shape index (κ1) is 28.4. The van der Waals surface area contributed by atoms with Gasteiger partial charge in [0.05, 0.1) is 12.2 Å². The van der Waals surface area contributed by atoms with Gasteiger partial charge in [0, 0.05) is 11.8 Å². The summed E-state index contributed by atoms with van der Waals surface area (Å²) in [5.74, 6) is -0.244. The minimum absolute atomic E-state index is 0.112. The lowest BCUT2D eigenvalue weighted by Crippen LogP contribution is -2.27. The van der Waals surface area contributed by atoms with E-state index in [-0.39, 0.29) is 23.7 Å². The maximum atomic E-state index is 10.6. The molecule has 160 valence electrons. The van der Waals surface area contributed by atoms with Crippen LogP contribution in [0.3, 0.4) is 0 Å². The second kappa shape index (κ2) is 18.6. The Bertz CT molecular complexity index is 437.